The molecule has 0 aliphatic heterocycles. The largest absolute Gasteiger partial charge is 0.370 e. The van der Waals surface area contributed by atoms with Gasteiger partial charge in [-0.05, 0) is 13.0 Å². The predicted molar refractivity (Wildman–Crippen MR) is 44.6 cm³/mol. The molecule has 3 heteroatoms. The van der Waals surface area contributed by atoms with Crippen molar-refractivity contribution in [1.29, 1.82) is 0 Å². The Hall–Kier alpha value is -1.25. The number of nitrogens with two attached hydrogens (primary N) is 1. The highest BCUT2D eigenvalue weighted by molar-refractivity contribution is 5.77. The number of hydrogen-bond acceptors (Lipinski definition) is 1. The molecule has 10 heavy (non-hydrogen) atoms. The average molecular weight is 139 g/mol. The van der Waals surface area contributed by atoms with Crippen molar-refractivity contribution in [2.45, 2.75) is 6.92 Å². The van der Waals surface area contributed by atoms with Crippen LogP contribution in [0.5, 0.6) is 0 Å². The van der Waals surface area contributed by atoms with Crippen LogP contribution in [0, 0.1) is 0 Å². The van der Waals surface area contributed by atoms with Gasteiger partial charge in [0.05, 0.1) is 0 Å². The molecule has 3 N–H and O–H groups in total. The summed E-state index contributed by atoms with van der Waals surface area (Å²) in [7, 11) is 1.72. The number of guanidine groups is 1. The fourth-order valence-corrected chi connectivity index (χ4v) is 0.349. The van der Waals surface area contributed by atoms with Gasteiger partial charge >= 0.3 is 0 Å². The lowest BCUT2D eigenvalue weighted by Crippen LogP contribution is -2.26. The summed E-state index contributed by atoms with van der Waals surface area (Å²) in [5.74, 6) is 0.417. The molecule has 0 aromatic rings. The van der Waals surface area contributed by atoms with Gasteiger partial charge in [0.15, 0.2) is 5.96 Å². The van der Waals surface area contributed by atoms with E-state index >= 15 is 0 Å². The normalized spacial score (nSPS) is 13.2. The maximum Gasteiger partial charge on any atom is 0.192 e. The average Bonchev–Trinajstić information content (AvgIpc) is 1.98. The lowest BCUT2D eigenvalue weighted by molar-refractivity contribution is 1.14. The van der Waals surface area contributed by atoms with Gasteiger partial charge in [-0.1, -0.05) is 12.2 Å². The molecule has 0 aliphatic rings. The number of nitrogens with zero attached hydrogens (tertiary/aromatic N) is 1. The lowest BCUT2D eigenvalue weighted by Gasteiger charge is -1.91. The van der Waals surface area contributed by atoms with E-state index in [1.165, 1.54) is 0 Å². The second-order valence-electron chi connectivity index (χ2n) is 1.63. The van der Waals surface area contributed by atoms with Crippen LogP contribution in [-0.2, 0) is 0 Å². The molecule has 0 aliphatic carbocycles. The lowest BCUT2D eigenvalue weighted by atomic mass is 10.5. The summed E-state index contributed by atoms with van der Waals surface area (Å²) in [4.78, 5) is 3.83. The monoisotopic (exact) mass is 139 g/mol. The minimum atomic E-state index is 0.417. The maximum atomic E-state index is 5.32. The Bertz CT molecular complexity index is 156. The maximum absolute atomic E-state index is 5.32. The van der Waals surface area contributed by atoms with Crippen LogP contribution >= 0.6 is 0 Å². The highest BCUT2D eigenvalue weighted by Gasteiger charge is 1.75. The number of rotatable bonds is 2. The van der Waals surface area contributed by atoms with Gasteiger partial charge in [-0.25, -0.2) is 4.99 Å². The summed E-state index contributed by atoms with van der Waals surface area (Å²) in [6, 6.07) is 0. The molecule has 0 amide bonds. The van der Waals surface area contributed by atoms with Crippen molar-refractivity contribution in [2.75, 3.05) is 7.05 Å². The van der Waals surface area contributed by atoms with Crippen molar-refractivity contribution in [3.8, 4) is 0 Å². The van der Waals surface area contributed by atoms with E-state index in [-0.39, 0.29) is 0 Å². The minimum Gasteiger partial charge on any atom is -0.370 e. The number of allylic oxidation sites excluding steroid dienone is 3. The van der Waals surface area contributed by atoms with Crippen molar-refractivity contribution >= 4 is 5.96 Å². The summed E-state index contributed by atoms with van der Waals surface area (Å²) in [5.41, 5.74) is 5.32. The Morgan fingerprint density at radius 2 is 2.20 bits per heavy atom. The highest BCUT2D eigenvalue weighted by Crippen LogP contribution is 1.76. The molecule has 0 atom stereocenters. The quantitative estimate of drug-likeness (QED) is 0.334. The zero-order chi connectivity index (χ0) is 7.82. The van der Waals surface area contributed by atoms with Gasteiger partial charge in [0.25, 0.3) is 0 Å². The van der Waals surface area contributed by atoms with Gasteiger partial charge in [-0.15, -0.1) is 0 Å². The Balaban J connectivity index is 3.70. The first-order valence-corrected chi connectivity index (χ1v) is 3.10. The molecular formula is C7H13N3. The van der Waals surface area contributed by atoms with Gasteiger partial charge < -0.3 is 11.1 Å². The summed E-state index contributed by atoms with van der Waals surface area (Å²) < 4.78 is 0. The molecule has 0 heterocycles. The van der Waals surface area contributed by atoms with Crippen molar-refractivity contribution in [2.24, 2.45) is 10.7 Å². The SMILES string of the molecule is C\C=C/C=C\N=C(\N)NC. The first-order valence-electron chi connectivity index (χ1n) is 3.10. The van der Waals surface area contributed by atoms with E-state index in [1.807, 2.05) is 25.2 Å². The second-order valence-corrected chi connectivity index (χ2v) is 1.63. The first-order chi connectivity index (χ1) is 4.81. The summed E-state index contributed by atoms with van der Waals surface area (Å²) in [5, 5.41) is 2.69. The second kappa shape index (κ2) is 5.88. The van der Waals surface area contributed by atoms with E-state index in [1.54, 1.807) is 13.2 Å². The van der Waals surface area contributed by atoms with Crippen LogP contribution in [-0.4, -0.2) is 13.0 Å². The molecule has 0 saturated carbocycles. The standard InChI is InChI=1S/C7H13N3/c1-3-4-5-6-10-7(8)9-2/h3-6H,1-2H3,(H3,8,9,10)/b4-3-,6-5-. The predicted octanol–water partition coefficient (Wildman–Crippen LogP) is 0.610. The molecule has 0 radical (unpaired) electrons. The third-order valence-corrected chi connectivity index (χ3v) is 0.859. The number of nitrogens with one attached hydrogen (secondary N) is 1. The van der Waals surface area contributed by atoms with Crippen LogP contribution in [0.3, 0.4) is 0 Å². The molecule has 0 saturated heterocycles. The molecule has 56 valence electrons. The van der Waals surface area contributed by atoms with Gasteiger partial charge in [0.1, 0.15) is 0 Å². The first kappa shape index (κ1) is 8.75. The van der Waals surface area contributed by atoms with Crippen LogP contribution in [0.25, 0.3) is 0 Å². The topological polar surface area (TPSA) is 50.4 Å². The van der Waals surface area contributed by atoms with Crippen molar-refractivity contribution in [3.05, 3.63) is 24.4 Å². The van der Waals surface area contributed by atoms with Gasteiger partial charge in [-0.2, -0.15) is 0 Å². The Kier molecular flexibility index (Phi) is 5.14. The zero-order valence-corrected chi connectivity index (χ0v) is 6.33. The summed E-state index contributed by atoms with van der Waals surface area (Å²) >= 11 is 0. The Morgan fingerprint density at radius 3 is 2.70 bits per heavy atom. The molecule has 3 nitrogen and oxygen atoms in total. The fraction of sp³-hybridized carbons (Fsp3) is 0.286. The van der Waals surface area contributed by atoms with E-state index in [0.717, 1.165) is 0 Å². The van der Waals surface area contributed by atoms with Crippen LogP contribution in [0.4, 0.5) is 0 Å². The van der Waals surface area contributed by atoms with E-state index < -0.39 is 0 Å². The van der Waals surface area contributed by atoms with Crippen LogP contribution in [0.2, 0.25) is 0 Å². The van der Waals surface area contributed by atoms with Crippen molar-refractivity contribution in [3.63, 3.8) is 0 Å². The summed E-state index contributed by atoms with van der Waals surface area (Å²) in [6.07, 6.45) is 7.24. The Morgan fingerprint density at radius 1 is 1.50 bits per heavy atom. The smallest absolute Gasteiger partial charge is 0.192 e. The Labute approximate surface area is 61.3 Å². The highest BCUT2D eigenvalue weighted by atomic mass is 15.1. The third-order valence-electron chi connectivity index (χ3n) is 0.859. The molecule has 0 aromatic heterocycles. The molecule has 0 fully saturated rings. The molecule has 0 unspecified atom stereocenters. The van der Waals surface area contributed by atoms with Gasteiger partial charge in [-0.3, -0.25) is 0 Å². The minimum absolute atomic E-state index is 0.417. The van der Waals surface area contributed by atoms with Crippen LogP contribution in [0.15, 0.2) is 29.4 Å². The molecule has 0 rings (SSSR count). The number of aliphatic imine (C=N–C) groups is 1. The molecule has 0 spiro atoms. The molecular weight excluding hydrogens is 126 g/mol. The van der Waals surface area contributed by atoms with Gasteiger partial charge in [0.2, 0.25) is 0 Å². The molecule has 0 bridgehead atoms. The van der Waals surface area contributed by atoms with Crippen LogP contribution < -0.4 is 11.1 Å². The fourth-order valence-electron chi connectivity index (χ4n) is 0.349. The van der Waals surface area contributed by atoms with E-state index in [2.05, 4.69) is 10.3 Å². The van der Waals surface area contributed by atoms with Crippen molar-refractivity contribution in [1.82, 2.24) is 5.32 Å². The van der Waals surface area contributed by atoms with Crippen LogP contribution in [0.1, 0.15) is 6.92 Å². The molecule has 0 aromatic carbocycles. The van der Waals surface area contributed by atoms with Gasteiger partial charge in [0, 0.05) is 13.2 Å². The van der Waals surface area contributed by atoms with E-state index in [0.29, 0.717) is 5.96 Å². The third kappa shape index (κ3) is 4.90. The van der Waals surface area contributed by atoms with E-state index in [4.69, 9.17) is 5.73 Å². The van der Waals surface area contributed by atoms with E-state index in [9.17, 15) is 0 Å². The number of hydrogen-bond donors (Lipinski definition) is 2. The zero-order valence-electron chi connectivity index (χ0n) is 6.33. The van der Waals surface area contributed by atoms with Crippen molar-refractivity contribution < 1.29 is 0 Å². The summed E-state index contributed by atoms with van der Waals surface area (Å²) in [6.45, 7) is 1.94.